The van der Waals surface area contributed by atoms with Gasteiger partial charge in [-0.15, -0.1) is 0 Å². The molecule has 2 aromatic rings. The summed E-state index contributed by atoms with van der Waals surface area (Å²) in [5, 5.41) is 13.2. The van der Waals surface area contributed by atoms with Crippen LogP contribution >= 0.6 is 0 Å². The molecule has 0 bridgehead atoms. The van der Waals surface area contributed by atoms with E-state index in [0.29, 0.717) is 0 Å². The molecule has 23 heavy (non-hydrogen) atoms. The fourth-order valence-electron chi connectivity index (χ4n) is 1.87. The average molecular weight is 322 g/mol. The number of carbonyl (C=O) groups excluding carboxylic acids is 2. The van der Waals surface area contributed by atoms with Crippen molar-refractivity contribution < 1.29 is 19.2 Å². The van der Waals surface area contributed by atoms with Crippen LogP contribution in [0, 0.1) is 10.1 Å². The fraction of sp³-hybridized carbons (Fsp3) is 0.333. The van der Waals surface area contributed by atoms with Crippen LogP contribution in [0.2, 0.25) is 0 Å². The minimum Gasteiger partial charge on any atom is -0.460 e. The van der Waals surface area contributed by atoms with Crippen molar-refractivity contribution in [2.24, 2.45) is 14.1 Å². The molecule has 2 heterocycles. The van der Waals surface area contributed by atoms with Gasteiger partial charge >= 0.3 is 11.9 Å². The van der Waals surface area contributed by atoms with Crippen LogP contribution in [0.15, 0.2) is 12.4 Å². The molecule has 0 fully saturated rings. The quantitative estimate of drug-likeness (QED) is 0.481. The zero-order chi connectivity index (χ0) is 17.1. The lowest BCUT2D eigenvalue weighted by molar-refractivity contribution is -0.396. The van der Waals surface area contributed by atoms with Gasteiger partial charge in [-0.3, -0.25) is 4.79 Å². The number of nitro groups is 1. The van der Waals surface area contributed by atoms with Crippen LogP contribution in [0.4, 0.5) is 11.8 Å². The standard InChI is InChI=1S/C12H14N6O5/c1-4-23-11(20)9-13-6-8(17(9)3)15-10(19)7-5-14-12(16(7)2)18(21)22/h5-6H,4H2,1-3H3,(H,15,19). The zero-order valence-corrected chi connectivity index (χ0v) is 12.6. The van der Waals surface area contributed by atoms with Gasteiger partial charge in [0.15, 0.2) is 6.20 Å². The number of carbonyl (C=O) groups is 2. The fourth-order valence-corrected chi connectivity index (χ4v) is 1.87. The maximum Gasteiger partial charge on any atom is 0.434 e. The summed E-state index contributed by atoms with van der Waals surface area (Å²) in [6.07, 6.45) is 2.38. The Morgan fingerprint density at radius 3 is 2.57 bits per heavy atom. The second-order valence-corrected chi connectivity index (χ2v) is 4.46. The third-order valence-corrected chi connectivity index (χ3v) is 3.05. The highest BCUT2D eigenvalue weighted by Crippen LogP contribution is 2.14. The van der Waals surface area contributed by atoms with Gasteiger partial charge in [-0.05, 0) is 11.8 Å². The Morgan fingerprint density at radius 1 is 1.30 bits per heavy atom. The van der Waals surface area contributed by atoms with Gasteiger partial charge in [-0.2, -0.15) is 0 Å². The highest BCUT2D eigenvalue weighted by Gasteiger charge is 2.24. The van der Waals surface area contributed by atoms with E-state index in [0.717, 1.165) is 10.8 Å². The molecule has 0 unspecified atom stereocenters. The van der Waals surface area contributed by atoms with Crippen molar-refractivity contribution in [2.75, 3.05) is 11.9 Å². The van der Waals surface area contributed by atoms with Gasteiger partial charge in [0.05, 0.1) is 19.9 Å². The number of anilines is 1. The molecular formula is C12H14N6O5. The van der Waals surface area contributed by atoms with Crippen LogP contribution in [0.3, 0.4) is 0 Å². The number of imidazole rings is 2. The SMILES string of the molecule is CCOC(=O)c1ncc(NC(=O)c2cnc([N+](=O)[O-])n2C)n1C. The van der Waals surface area contributed by atoms with E-state index in [-0.39, 0.29) is 23.9 Å². The van der Waals surface area contributed by atoms with Gasteiger partial charge in [0.2, 0.25) is 11.5 Å². The summed E-state index contributed by atoms with van der Waals surface area (Å²) < 4.78 is 7.24. The van der Waals surface area contributed by atoms with Crippen molar-refractivity contribution in [3.8, 4) is 0 Å². The molecule has 0 saturated heterocycles. The molecule has 0 aromatic carbocycles. The van der Waals surface area contributed by atoms with Crippen molar-refractivity contribution in [1.29, 1.82) is 0 Å². The van der Waals surface area contributed by atoms with Gasteiger partial charge in [-0.1, -0.05) is 4.98 Å². The van der Waals surface area contributed by atoms with Crippen LogP contribution in [-0.4, -0.2) is 42.5 Å². The van der Waals surface area contributed by atoms with E-state index in [1.807, 2.05) is 0 Å². The van der Waals surface area contributed by atoms with E-state index in [2.05, 4.69) is 15.3 Å². The second-order valence-electron chi connectivity index (χ2n) is 4.46. The Morgan fingerprint density at radius 2 is 2.00 bits per heavy atom. The molecule has 122 valence electrons. The zero-order valence-electron chi connectivity index (χ0n) is 12.6. The number of esters is 1. The van der Waals surface area contributed by atoms with Crippen molar-refractivity contribution >= 4 is 23.6 Å². The summed E-state index contributed by atoms with van der Waals surface area (Å²) in [7, 11) is 2.88. The molecule has 1 amide bonds. The smallest absolute Gasteiger partial charge is 0.434 e. The minimum atomic E-state index is -0.695. The lowest BCUT2D eigenvalue weighted by Gasteiger charge is -2.06. The molecular weight excluding hydrogens is 308 g/mol. The van der Waals surface area contributed by atoms with E-state index in [4.69, 9.17) is 4.74 Å². The predicted octanol–water partition coefficient (Wildman–Crippen LogP) is 0.491. The van der Waals surface area contributed by atoms with Crippen LogP contribution in [-0.2, 0) is 18.8 Å². The number of rotatable bonds is 5. The molecule has 2 aromatic heterocycles. The maximum absolute atomic E-state index is 12.2. The summed E-state index contributed by atoms with van der Waals surface area (Å²) in [5.74, 6) is -1.43. The number of hydrogen-bond acceptors (Lipinski definition) is 7. The number of ether oxygens (including phenoxy) is 1. The molecule has 1 N–H and O–H groups in total. The third kappa shape index (κ3) is 3.02. The summed E-state index contributed by atoms with van der Waals surface area (Å²) >= 11 is 0. The van der Waals surface area contributed by atoms with Gasteiger partial charge in [0, 0.05) is 7.05 Å². The molecule has 0 aliphatic rings. The third-order valence-electron chi connectivity index (χ3n) is 3.05. The molecule has 2 rings (SSSR count). The lowest BCUT2D eigenvalue weighted by atomic mass is 10.4. The van der Waals surface area contributed by atoms with Crippen LogP contribution in [0.25, 0.3) is 0 Å². The van der Waals surface area contributed by atoms with E-state index in [1.165, 1.54) is 24.9 Å². The van der Waals surface area contributed by atoms with E-state index in [1.54, 1.807) is 6.92 Å². The first-order chi connectivity index (χ1) is 10.9. The van der Waals surface area contributed by atoms with Gasteiger partial charge < -0.3 is 24.7 Å². The number of amides is 1. The molecule has 0 spiro atoms. The molecule has 0 radical (unpaired) electrons. The van der Waals surface area contributed by atoms with Gasteiger partial charge in [-0.25, -0.2) is 14.3 Å². The molecule has 0 aliphatic carbocycles. The first-order valence-electron chi connectivity index (χ1n) is 6.53. The van der Waals surface area contributed by atoms with Crippen LogP contribution in [0.5, 0.6) is 0 Å². The Labute approximate surface area is 130 Å². The Kier molecular flexibility index (Phi) is 4.39. The summed E-state index contributed by atoms with van der Waals surface area (Å²) in [6.45, 7) is 1.87. The van der Waals surface area contributed by atoms with Crippen LogP contribution < -0.4 is 5.32 Å². The normalized spacial score (nSPS) is 10.4. The monoisotopic (exact) mass is 322 g/mol. The predicted molar refractivity (Wildman–Crippen MR) is 77.0 cm³/mol. The Hall–Kier alpha value is -3.24. The highest BCUT2D eigenvalue weighted by atomic mass is 16.6. The topological polar surface area (TPSA) is 134 Å². The summed E-state index contributed by atoms with van der Waals surface area (Å²) in [4.78, 5) is 41.3. The largest absolute Gasteiger partial charge is 0.460 e. The van der Waals surface area contributed by atoms with Gasteiger partial charge in [0.1, 0.15) is 5.82 Å². The maximum atomic E-state index is 12.2. The lowest BCUT2D eigenvalue weighted by Crippen LogP contribution is -2.19. The summed E-state index contributed by atoms with van der Waals surface area (Å²) in [6, 6.07) is 0. The van der Waals surface area contributed by atoms with Crippen molar-refractivity contribution in [2.45, 2.75) is 6.92 Å². The average Bonchev–Trinajstić information content (AvgIpc) is 3.03. The molecule has 0 aliphatic heterocycles. The van der Waals surface area contributed by atoms with E-state index < -0.39 is 22.7 Å². The second kappa shape index (κ2) is 6.25. The Balaban J connectivity index is 2.21. The Bertz CT molecular complexity index is 777. The van der Waals surface area contributed by atoms with Crippen molar-refractivity contribution in [3.63, 3.8) is 0 Å². The van der Waals surface area contributed by atoms with Crippen LogP contribution in [0.1, 0.15) is 28.0 Å². The molecule has 11 heteroatoms. The van der Waals surface area contributed by atoms with E-state index in [9.17, 15) is 19.7 Å². The number of aromatic nitrogens is 4. The number of nitrogens with zero attached hydrogens (tertiary/aromatic N) is 5. The van der Waals surface area contributed by atoms with Gasteiger partial charge in [0.25, 0.3) is 5.91 Å². The highest BCUT2D eigenvalue weighted by molar-refractivity contribution is 6.03. The molecule has 0 atom stereocenters. The van der Waals surface area contributed by atoms with E-state index >= 15 is 0 Å². The first kappa shape index (κ1) is 16.1. The summed E-state index contributed by atoms with van der Waals surface area (Å²) in [5.41, 5.74) is -0.00409. The van der Waals surface area contributed by atoms with Crippen molar-refractivity contribution in [3.05, 3.63) is 34.0 Å². The first-order valence-corrected chi connectivity index (χ1v) is 6.53. The number of hydrogen-bond donors (Lipinski definition) is 1. The van der Waals surface area contributed by atoms with Crippen molar-refractivity contribution in [1.82, 2.24) is 19.1 Å². The molecule has 0 saturated carbocycles. The number of nitrogens with one attached hydrogen (secondary N) is 1. The minimum absolute atomic E-state index is 0.00409. The molecule has 11 nitrogen and oxygen atoms in total.